The molecule has 0 unspecified atom stereocenters. The lowest BCUT2D eigenvalue weighted by atomic mass is 10.2. The molecule has 2 rings (SSSR count). The molecule has 0 saturated carbocycles. The second kappa shape index (κ2) is 7.61. The molecule has 1 fully saturated rings. The molecule has 9 heteroatoms. The molecule has 1 heterocycles. The van der Waals surface area contributed by atoms with E-state index in [2.05, 4.69) is 14.9 Å². The molecule has 0 spiro atoms. The summed E-state index contributed by atoms with van der Waals surface area (Å²) in [6.07, 6.45) is -3.95. The number of piperazine rings is 1. The molecule has 1 aromatic rings. The first kappa shape index (κ1) is 18.2. The van der Waals surface area contributed by atoms with Gasteiger partial charge in [0.1, 0.15) is 0 Å². The SMILES string of the molecule is O=S(=O)(NCCCN1CCNCC1)c1cccc(C(F)(F)F)c1. The lowest BCUT2D eigenvalue weighted by molar-refractivity contribution is -0.137. The first-order valence-electron chi connectivity index (χ1n) is 7.39. The smallest absolute Gasteiger partial charge is 0.314 e. The Bertz CT molecular complexity index is 614. The van der Waals surface area contributed by atoms with Gasteiger partial charge in [0.15, 0.2) is 0 Å². The second-order valence-corrected chi connectivity index (χ2v) is 7.14. The number of hydrogen-bond acceptors (Lipinski definition) is 4. The first-order chi connectivity index (χ1) is 10.8. The highest BCUT2D eigenvalue weighted by Crippen LogP contribution is 2.30. The molecule has 130 valence electrons. The summed E-state index contributed by atoms with van der Waals surface area (Å²) in [6, 6.07) is 3.76. The predicted octanol–water partition coefficient (Wildman–Crippen LogP) is 1.28. The van der Waals surface area contributed by atoms with Gasteiger partial charge in [-0.05, 0) is 31.2 Å². The monoisotopic (exact) mass is 351 g/mol. The van der Waals surface area contributed by atoms with Crippen LogP contribution in [0.2, 0.25) is 0 Å². The summed E-state index contributed by atoms with van der Waals surface area (Å²) in [5.41, 5.74) is -0.971. The van der Waals surface area contributed by atoms with Crippen molar-refractivity contribution >= 4 is 10.0 Å². The highest BCUT2D eigenvalue weighted by molar-refractivity contribution is 7.89. The minimum Gasteiger partial charge on any atom is -0.314 e. The minimum atomic E-state index is -4.56. The molecule has 0 amide bonds. The van der Waals surface area contributed by atoms with Crippen molar-refractivity contribution in [1.29, 1.82) is 0 Å². The van der Waals surface area contributed by atoms with Crippen molar-refractivity contribution < 1.29 is 21.6 Å². The molecule has 0 atom stereocenters. The lowest BCUT2D eigenvalue weighted by Gasteiger charge is -2.27. The Hall–Kier alpha value is -1.16. The highest BCUT2D eigenvalue weighted by atomic mass is 32.2. The summed E-state index contributed by atoms with van der Waals surface area (Å²) in [6.45, 7) is 4.61. The molecule has 1 aliphatic rings. The molecule has 0 aliphatic carbocycles. The van der Waals surface area contributed by atoms with Crippen LogP contribution in [0.25, 0.3) is 0 Å². The number of rotatable bonds is 6. The summed E-state index contributed by atoms with van der Waals surface area (Å²) in [5, 5.41) is 3.22. The third kappa shape index (κ3) is 5.45. The van der Waals surface area contributed by atoms with Crippen LogP contribution in [0.5, 0.6) is 0 Å². The summed E-state index contributed by atoms with van der Waals surface area (Å²) in [5.74, 6) is 0. The van der Waals surface area contributed by atoms with E-state index >= 15 is 0 Å². The maximum Gasteiger partial charge on any atom is 0.416 e. The van der Waals surface area contributed by atoms with Crippen molar-refractivity contribution in [1.82, 2.24) is 14.9 Å². The Balaban J connectivity index is 1.88. The van der Waals surface area contributed by atoms with E-state index in [1.165, 1.54) is 0 Å². The van der Waals surface area contributed by atoms with Crippen molar-refractivity contribution in [3.63, 3.8) is 0 Å². The molecule has 0 radical (unpaired) electrons. The van der Waals surface area contributed by atoms with Gasteiger partial charge in [0.25, 0.3) is 0 Å². The highest BCUT2D eigenvalue weighted by Gasteiger charge is 2.31. The van der Waals surface area contributed by atoms with E-state index in [9.17, 15) is 21.6 Å². The average molecular weight is 351 g/mol. The standard InChI is InChI=1S/C14H20F3N3O2S/c15-14(16,17)12-3-1-4-13(11-12)23(21,22)19-5-2-8-20-9-6-18-7-10-20/h1,3-4,11,18-19H,2,5-10H2. The van der Waals surface area contributed by atoms with Crippen LogP contribution in [0.1, 0.15) is 12.0 Å². The minimum absolute atomic E-state index is 0.197. The van der Waals surface area contributed by atoms with Gasteiger partial charge in [-0.2, -0.15) is 13.2 Å². The molecule has 2 N–H and O–H groups in total. The molecule has 0 aromatic heterocycles. The van der Waals surface area contributed by atoms with Gasteiger partial charge in [0, 0.05) is 32.7 Å². The van der Waals surface area contributed by atoms with Crippen LogP contribution in [0.3, 0.4) is 0 Å². The molecule has 1 saturated heterocycles. The maximum atomic E-state index is 12.6. The summed E-state index contributed by atoms with van der Waals surface area (Å²) in [7, 11) is -3.93. The van der Waals surface area contributed by atoms with Gasteiger partial charge in [0.05, 0.1) is 10.5 Å². The van der Waals surface area contributed by atoms with Gasteiger partial charge in [0.2, 0.25) is 10.0 Å². The Morgan fingerprint density at radius 1 is 1.22 bits per heavy atom. The van der Waals surface area contributed by atoms with E-state index in [0.29, 0.717) is 12.5 Å². The van der Waals surface area contributed by atoms with Crippen LogP contribution >= 0.6 is 0 Å². The van der Waals surface area contributed by atoms with Crippen LogP contribution in [0.15, 0.2) is 29.2 Å². The van der Waals surface area contributed by atoms with Gasteiger partial charge in [-0.1, -0.05) is 6.07 Å². The van der Waals surface area contributed by atoms with Crippen LogP contribution in [-0.2, 0) is 16.2 Å². The summed E-state index contributed by atoms with van der Waals surface area (Å²) >= 11 is 0. The third-order valence-corrected chi connectivity index (χ3v) is 5.08. The second-order valence-electron chi connectivity index (χ2n) is 5.37. The van der Waals surface area contributed by atoms with Crippen LogP contribution in [0.4, 0.5) is 13.2 Å². The van der Waals surface area contributed by atoms with Crippen molar-refractivity contribution in [2.24, 2.45) is 0 Å². The van der Waals surface area contributed by atoms with E-state index in [1.54, 1.807) is 0 Å². The number of nitrogens with one attached hydrogen (secondary N) is 2. The zero-order valence-electron chi connectivity index (χ0n) is 12.6. The van der Waals surface area contributed by atoms with Gasteiger partial charge >= 0.3 is 6.18 Å². The third-order valence-electron chi connectivity index (χ3n) is 3.62. The topological polar surface area (TPSA) is 61.4 Å². The molecule has 0 bridgehead atoms. The fourth-order valence-electron chi connectivity index (χ4n) is 2.37. The predicted molar refractivity (Wildman–Crippen MR) is 80.6 cm³/mol. The molecular formula is C14H20F3N3O2S. The zero-order chi connectivity index (χ0) is 16.9. The quantitative estimate of drug-likeness (QED) is 0.758. The van der Waals surface area contributed by atoms with Gasteiger partial charge in [-0.25, -0.2) is 13.1 Å². The van der Waals surface area contributed by atoms with Crippen molar-refractivity contribution in [3.8, 4) is 0 Å². The molecular weight excluding hydrogens is 331 g/mol. The van der Waals surface area contributed by atoms with Gasteiger partial charge < -0.3 is 10.2 Å². The van der Waals surface area contributed by atoms with E-state index in [4.69, 9.17) is 0 Å². The van der Waals surface area contributed by atoms with E-state index < -0.39 is 21.8 Å². The Kier molecular flexibility index (Phi) is 6.01. The molecule has 23 heavy (non-hydrogen) atoms. The maximum absolute atomic E-state index is 12.6. The molecule has 5 nitrogen and oxygen atoms in total. The number of alkyl halides is 3. The van der Waals surface area contributed by atoms with Crippen LogP contribution in [0, 0.1) is 0 Å². The number of halogens is 3. The van der Waals surface area contributed by atoms with Gasteiger partial charge in [-0.15, -0.1) is 0 Å². The van der Waals surface area contributed by atoms with Crippen LogP contribution < -0.4 is 10.0 Å². The Labute approximate surface area is 133 Å². The summed E-state index contributed by atoms with van der Waals surface area (Å²) < 4.78 is 64.4. The van der Waals surface area contributed by atoms with Crippen molar-refractivity contribution in [3.05, 3.63) is 29.8 Å². The number of sulfonamides is 1. The Morgan fingerprint density at radius 2 is 1.91 bits per heavy atom. The van der Waals surface area contributed by atoms with Crippen molar-refractivity contribution in [2.75, 3.05) is 39.3 Å². The van der Waals surface area contributed by atoms with Crippen molar-refractivity contribution in [2.45, 2.75) is 17.5 Å². The molecule has 1 aliphatic heterocycles. The molecule has 1 aromatic carbocycles. The number of benzene rings is 1. The zero-order valence-corrected chi connectivity index (χ0v) is 13.4. The fraction of sp³-hybridized carbons (Fsp3) is 0.571. The van der Waals surface area contributed by atoms with Gasteiger partial charge in [-0.3, -0.25) is 0 Å². The van der Waals surface area contributed by atoms with E-state index in [1.807, 2.05) is 0 Å². The first-order valence-corrected chi connectivity index (χ1v) is 8.87. The normalized spacial score (nSPS) is 17.3. The fourth-order valence-corrected chi connectivity index (χ4v) is 3.49. The lowest BCUT2D eigenvalue weighted by Crippen LogP contribution is -2.44. The number of hydrogen-bond donors (Lipinski definition) is 2. The van der Waals surface area contributed by atoms with Crippen LogP contribution in [-0.4, -0.2) is 52.6 Å². The Morgan fingerprint density at radius 3 is 2.57 bits per heavy atom. The van der Waals surface area contributed by atoms with E-state index in [-0.39, 0.29) is 11.4 Å². The largest absolute Gasteiger partial charge is 0.416 e. The summed E-state index contributed by atoms with van der Waals surface area (Å²) in [4.78, 5) is 1.85. The number of nitrogens with zero attached hydrogens (tertiary/aromatic N) is 1. The van der Waals surface area contributed by atoms with E-state index in [0.717, 1.165) is 50.9 Å². The average Bonchev–Trinajstić information content (AvgIpc) is 2.52.